The van der Waals surface area contributed by atoms with Gasteiger partial charge in [0, 0.05) is 5.38 Å². The molecular weight excluding hydrogens is 290 g/mol. The quantitative estimate of drug-likeness (QED) is 0.336. The van der Waals surface area contributed by atoms with Crippen molar-refractivity contribution in [2.24, 2.45) is 16.5 Å². The number of rotatable bonds is 5. The number of aliphatic hydroxyl groups excluding tert-OH is 1. The predicted octanol–water partition coefficient (Wildman–Crippen LogP) is -0.345. The number of thiazole rings is 1. The smallest absolute Gasteiger partial charge is 0.226 e. The highest BCUT2D eigenvalue weighted by atomic mass is 32.1. The Balaban J connectivity index is 1.85. The Kier molecular flexibility index (Phi) is 5.29. The summed E-state index contributed by atoms with van der Waals surface area (Å²) in [5, 5.41) is 15.2. The lowest BCUT2D eigenvalue weighted by atomic mass is 9.98. The van der Waals surface area contributed by atoms with Gasteiger partial charge in [-0.25, -0.2) is 9.98 Å². The number of nitrogens with one attached hydrogen (secondary N) is 1. The Morgan fingerprint density at radius 1 is 1.48 bits per heavy atom. The summed E-state index contributed by atoms with van der Waals surface area (Å²) in [4.78, 5) is 20.1. The third-order valence-electron chi connectivity index (χ3n) is 3.08. The molecule has 2 atom stereocenters. The van der Waals surface area contributed by atoms with Crippen LogP contribution in [0.2, 0.25) is 0 Å². The van der Waals surface area contributed by atoms with Crippen molar-refractivity contribution in [2.45, 2.75) is 38.0 Å². The second kappa shape index (κ2) is 7.19. The minimum absolute atomic E-state index is 0.0174. The maximum atomic E-state index is 12.0. The van der Waals surface area contributed by atoms with Crippen LogP contribution >= 0.6 is 11.3 Å². The number of nitrogens with two attached hydrogens (primary N) is 2. The molecule has 2 rings (SSSR count). The average Bonchev–Trinajstić information content (AvgIpc) is 2.86. The molecule has 0 aromatic carbocycles. The van der Waals surface area contributed by atoms with Gasteiger partial charge in [0.15, 0.2) is 5.96 Å². The van der Waals surface area contributed by atoms with Crippen molar-refractivity contribution in [2.75, 3.05) is 0 Å². The second-order valence-electron chi connectivity index (χ2n) is 4.83. The van der Waals surface area contributed by atoms with Gasteiger partial charge in [-0.1, -0.05) is 12.2 Å². The summed E-state index contributed by atoms with van der Waals surface area (Å²) in [5.74, 6) is -0.128. The monoisotopic (exact) mass is 309 g/mol. The zero-order valence-corrected chi connectivity index (χ0v) is 12.3. The summed E-state index contributed by atoms with van der Waals surface area (Å²) in [6.07, 6.45) is 4.78. The van der Waals surface area contributed by atoms with E-state index >= 15 is 0 Å². The van der Waals surface area contributed by atoms with Gasteiger partial charge in [-0.2, -0.15) is 0 Å². The number of hydrogen-bond donors (Lipinski definition) is 4. The highest BCUT2D eigenvalue weighted by Crippen LogP contribution is 2.14. The van der Waals surface area contributed by atoms with Crippen LogP contribution in [0.4, 0.5) is 0 Å². The van der Waals surface area contributed by atoms with Crippen molar-refractivity contribution in [1.82, 2.24) is 10.3 Å². The SMILES string of the molecule is NC(N)=NCc1nc(CC(=O)NC2CC=CC[C@H]2O)cs1. The molecule has 0 spiro atoms. The fourth-order valence-electron chi connectivity index (χ4n) is 2.04. The number of aromatic nitrogens is 1. The van der Waals surface area contributed by atoms with Gasteiger partial charge in [-0.05, 0) is 12.8 Å². The highest BCUT2D eigenvalue weighted by molar-refractivity contribution is 7.09. The molecule has 8 heteroatoms. The first-order valence-electron chi connectivity index (χ1n) is 6.65. The minimum atomic E-state index is -0.521. The molecule has 1 heterocycles. The third-order valence-corrected chi connectivity index (χ3v) is 3.97. The minimum Gasteiger partial charge on any atom is -0.391 e. The van der Waals surface area contributed by atoms with Crippen molar-refractivity contribution in [3.8, 4) is 0 Å². The first-order valence-corrected chi connectivity index (χ1v) is 7.53. The maximum Gasteiger partial charge on any atom is 0.226 e. The lowest BCUT2D eigenvalue weighted by molar-refractivity contribution is -0.122. The lowest BCUT2D eigenvalue weighted by Crippen LogP contribution is -2.44. The molecule has 0 saturated heterocycles. The van der Waals surface area contributed by atoms with E-state index in [9.17, 15) is 9.90 Å². The van der Waals surface area contributed by atoms with Gasteiger partial charge < -0.3 is 21.9 Å². The molecule has 1 amide bonds. The summed E-state index contributed by atoms with van der Waals surface area (Å²) < 4.78 is 0. The zero-order chi connectivity index (χ0) is 15.2. The molecule has 0 saturated carbocycles. The van der Waals surface area contributed by atoms with Crippen molar-refractivity contribution >= 4 is 23.2 Å². The van der Waals surface area contributed by atoms with E-state index in [2.05, 4.69) is 15.3 Å². The first-order chi connectivity index (χ1) is 10.0. The number of hydrogen-bond acceptors (Lipinski definition) is 5. The largest absolute Gasteiger partial charge is 0.391 e. The Morgan fingerprint density at radius 2 is 2.24 bits per heavy atom. The van der Waals surface area contributed by atoms with Crippen LogP contribution in [0.25, 0.3) is 0 Å². The number of nitrogens with zero attached hydrogens (tertiary/aromatic N) is 2. The Labute approximate surface area is 126 Å². The van der Waals surface area contributed by atoms with Crippen LogP contribution in [-0.2, 0) is 17.8 Å². The fourth-order valence-corrected chi connectivity index (χ4v) is 2.76. The molecule has 6 N–H and O–H groups in total. The summed E-state index contributed by atoms with van der Waals surface area (Å²) >= 11 is 1.41. The number of carbonyl (C=O) groups is 1. The van der Waals surface area contributed by atoms with Crippen LogP contribution in [0, 0.1) is 0 Å². The van der Waals surface area contributed by atoms with Crippen molar-refractivity contribution < 1.29 is 9.90 Å². The fraction of sp³-hybridized carbons (Fsp3) is 0.462. The number of carbonyl (C=O) groups excluding carboxylic acids is 1. The summed E-state index contributed by atoms with van der Waals surface area (Å²) in [7, 11) is 0. The van der Waals surface area contributed by atoms with Crippen molar-refractivity contribution in [1.29, 1.82) is 0 Å². The van der Waals surface area contributed by atoms with Gasteiger partial charge in [0.25, 0.3) is 0 Å². The summed E-state index contributed by atoms with van der Waals surface area (Å²) in [6, 6.07) is -0.220. The standard InChI is InChI=1S/C13H19N5O2S/c14-13(15)16-6-12-17-8(7-21-12)5-11(20)18-9-3-1-2-4-10(9)19/h1-2,7,9-10,19H,3-6H2,(H,18,20)(H4,14,15,16)/t9?,10-/m1/s1. The van der Waals surface area contributed by atoms with Crippen molar-refractivity contribution in [3.05, 3.63) is 28.2 Å². The summed E-state index contributed by atoms with van der Waals surface area (Å²) in [6.45, 7) is 0.320. The molecule has 1 aliphatic carbocycles. The average molecular weight is 309 g/mol. The van der Waals surface area contributed by atoms with E-state index in [4.69, 9.17) is 11.5 Å². The number of guanidine groups is 1. The third kappa shape index (κ3) is 4.83. The van der Waals surface area contributed by atoms with Crippen LogP contribution < -0.4 is 16.8 Å². The first kappa shape index (κ1) is 15.5. The normalized spacial score (nSPS) is 21.0. The molecule has 0 fully saturated rings. The van der Waals surface area contributed by atoms with Gasteiger partial charge in [-0.3, -0.25) is 4.79 Å². The van der Waals surface area contributed by atoms with Crippen LogP contribution in [0.15, 0.2) is 22.5 Å². The van der Waals surface area contributed by atoms with Gasteiger partial charge in [0.05, 0.1) is 30.8 Å². The second-order valence-corrected chi connectivity index (χ2v) is 5.78. The van der Waals surface area contributed by atoms with Gasteiger partial charge in [0.2, 0.25) is 5.91 Å². The topological polar surface area (TPSA) is 127 Å². The molecule has 1 aromatic heterocycles. The van der Waals surface area contributed by atoms with Gasteiger partial charge in [-0.15, -0.1) is 11.3 Å². The summed E-state index contributed by atoms with van der Waals surface area (Å²) in [5.41, 5.74) is 11.2. The predicted molar refractivity (Wildman–Crippen MR) is 81.6 cm³/mol. The van der Waals surface area contributed by atoms with E-state index in [1.165, 1.54) is 11.3 Å². The molecule has 1 aliphatic rings. The lowest BCUT2D eigenvalue weighted by Gasteiger charge is -2.24. The molecule has 114 valence electrons. The maximum absolute atomic E-state index is 12.0. The number of aliphatic imine (C=N–C) groups is 1. The van der Waals surface area contributed by atoms with E-state index in [0.717, 1.165) is 5.01 Å². The molecule has 0 aliphatic heterocycles. The Morgan fingerprint density at radius 3 is 2.95 bits per heavy atom. The molecule has 21 heavy (non-hydrogen) atoms. The van der Waals surface area contributed by atoms with Gasteiger partial charge >= 0.3 is 0 Å². The van der Waals surface area contributed by atoms with E-state index in [1.54, 1.807) is 0 Å². The van der Waals surface area contributed by atoms with Crippen LogP contribution in [-0.4, -0.2) is 34.1 Å². The molecule has 7 nitrogen and oxygen atoms in total. The highest BCUT2D eigenvalue weighted by Gasteiger charge is 2.22. The number of aliphatic hydroxyl groups is 1. The molecule has 1 aromatic rings. The number of amides is 1. The molecule has 0 bridgehead atoms. The molecule has 1 unspecified atom stereocenters. The van der Waals surface area contributed by atoms with Crippen LogP contribution in [0.5, 0.6) is 0 Å². The van der Waals surface area contributed by atoms with Crippen LogP contribution in [0.1, 0.15) is 23.5 Å². The molecule has 0 radical (unpaired) electrons. The molecular formula is C13H19N5O2S. The van der Waals surface area contributed by atoms with E-state index < -0.39 is 6.10 Å². The Bertz CT molecular complexity index is 551. The van der Waals surface area contributed by atoms with E-state index in [-0.39, 0.29) is 24.3 Å². The Hall–Kier alpha value is -1.93. The van der Waals surface area contributed by atoms with Crippen molar-refractivity contribution in [3.63, 3.8) is 0 Å². The van der Waals surface area contributed by atoms with E-state index in [0.29, 0.717) is 25.1 Å². The van der Waals surface area contributed by atoms with Gasteiger partial charge in [0.1, 0.15) is 5.01 Å². The van der Waals surface area contributed by atoms with Crippen LogP contribution in [0.3, 0.4) is 0 Å². The zero-order valence-electron chi connectivity index (χ0n) is 11.5. The van der Waals surface area contributed by atoms with E-state index in [1.807, 2.05) is 17.5 Å².